The van der Waals surface area contributed by atoms with Crippen LogP contribution in [0, 0.1) is 18.7 Å². The van der Waals surface area contributed by atoms with Gasteiger partial charge in [0.1, 0.15) is 5.82 Å². The standard InChI is InChI=1S/C16H23FN2O/c1-11-7-8-12(9-14(11)17)10-19-16(20)13-5-3-2-4-6-15(13)18/h7-9,13,15H,2-6,10,18H2,1H3,(H,19,20). The van der Waals surface area contributed by atoms with Crippen molar-refractivity contribution in [3.8, 4) is 0 Å². The monoisotopic (exact) mass is 278 g/mol. The van der Waals surface area contributed by atoms with Crippen LogP contribution in [-0.2, 0) is 11.3 Å². The smallest absolute Gasteiger partial charge is 0.224 e. The molecule has 1 aliphatic rings. The summed E-state index contributed by atoms with van der Waals surface area (Å²) in [6.07, 6.45) is 5.09. The van der Waals surface area contributed by atoms with E-state index in [-0.39, 0.29) is 23.7 Å². The van der Waals surface area contributed by atoms with E-state index in [2.05, 4.69) is 5.32 Å². The maximum absolute atomic E-state index is 13.4. The molecule has 1 aromatic carbocycles. The molecule has 110 valence electrons. The summed E-state index contributed by atoms with van der Waals surface area (Å²) in [5.74, 6) is -0.337. The number of nitrogens with two attached hydrogens (primary N) is 1. The van der Waals surface area contributed by atoms with Crippen LogP contribution in [0.25, 0.3) is 0 Å². The molecule has 1 saturated carbocycles. The molecule has 2 unspecified atom stereocenters. The first kappa shape index (κ1) is 15.0. The van der Waals surface area contributed by atoms with E-state index >= 15 is 0 Å². The topological polar surface area (TPSA) is 55.1 Å². The van der Waals surface area contributed by atoms with Gasteiger partial charge >= 0.3 is 0 Å². The number of amides is 1. The minimum Gasteiger partial charge on any atom is -0.352 e. The van der Waals surface area contributed by atoms with Gasteiger partial charge in [-0.3, -0.25) is 4.79 Å². The van der Waals surface area contributed by atoms with Crippen LogP contribution in [-0.4, -0.2) is 11.9 Å². The highest BCUT2D eigenvalue weighted by atomic mass is 19.1. The fraction of sp³-hybridized carbons (Fsp3) is 0.562. The first-order valence-electron chi connectivity index (χ1n) is 7.36. The second-order valence-electron chi connectivity index (χ2n) is 5.71. The summed E-state index contributed by atoms with van der Waals surface area (Å²) in [6.45, 7) is 2.08. The molecule has 2 rings (SSSR count). The van der Waals surface area contributed by atoms with Gasteiger partial charge in [-0.2, -0.15) is 0 Å². The molecule has 2 atom stereocenters. The Bertz CT molecular complexity index is 476. The van der Waals surface area contributed by atoms with Gasteiger partial charge in [-0.1, -0.05) is 31.4 Å². The zero-order valence-electron chi connectivity index (χ0n) is 12.0. The van der Waals surface area contributed by atoms with Crippen molar-refractivity contribution in [3.05, 3.63) is 35.1 Å². The molecule has 0 saturated heterocycles. The van der Waals surface area contributed by atoms with E-state index in [0.717, 1.165) is 37.7 Å². The Morgan fingerprint density at radius 3 is 2.85 bits per heavy atom. The number of nitrogens with one attached hydrogen (secondary N) is 1. The van der Waals surface area contributed by atoms with E-state index in [9.17, 15) is 9.18 Å². The highest BCUT2D eigenvalue weighted by Gasteiger charge is 2.26. The summed E-state index contributed by atoms with van der Waals surface area (Å²) in [5.41, 5.74) is 7.47. The highest BCUT2D eigenvalue weighted by molar-refractivity contribution is 5.79. The van der Waals surface area contributed by atoms with Crippen molar-refractivity contribution >= 4 is 5.91 Å². The Kier molecular flexibility index (Phi) is 5.12. The van der Waals surface area contributed by atoms with Crippen LogP contribution in [0.1, 0.15) is 43.2 Å². The molecule has 0 bridgehead atoms. The third kappa shape index (κ3) is 3.79. The predicted octanol–water partition coefficient (Wildman–Crippen LogP) is 2.66. The quantitative estimate of drug-likeness (QED) is 0.835. The Labute approximate surface area is 119 Å². The molecule has 1 amide bonds. The molecule has 1 aromatic rings. The number of benzene rings is 1. The van der Waals surface area contributed by atoms with Crippen molar-refractivity contribution in [2.75, 3.05) is 0 Å². The predicted molar refractivity (Wildman–Crippen MR) is 77.5 cm³/mol. The molecule has 0 aliphatic heterocycles. The molecule has 3 N–H and O–H groups in total. The van der Waals surface area contributed by atoms with Crippen LogP contribution in [0.5, 0.6) is 0 Å². The number of rotatable bonds is 3. The molecular formula is C16H23FN2O. The molecular weight excluding hydrogens is 255 g/mol. The first-order chi connectivity index (χ1) is 9.58. The van der Waals surface area contributed by atoms with Crippen molar-refractivity contribution in [2.24, 2.45) is 11.7 Å². The van der Waals surface area contributed by atoms with Crippen LogP contribution in [0.15, 0.2) is 18.2 Å². The van der Waals surface area contributed by atoms with Crippen molar-refractivity contribution in [1.82, 2.24) is 5.32 Å². The maximum atomic E-state index is 13.4. The molecule has 0 radical (unpaired) electrons. The summed E-state index contributed by atoms with van der Waals surface area (Å²) >= 11 is 0. The van der Waals surface area contributed by atoms with Crippen LogP contribution >= 0.6 is 0 Å². The van der Waals surface area contributed by atoms with E-state index in [0.29, 0.717) is 12.1 Å². The maximum Gasteiger partial charge on any atom is 0.224 e. The normalized spacial score (nSPS) is 23.1. The van der Waals surface area contributed by atoms with Gasteiger partial charge in [-0.15, -0.1) is 0 Å². The second kappa shape index (κ2) is 6.84. The zero-order chi connectivity index (χ0) is 14.5. The lowest BCUT2D eigenvalue weighted by Crippen LogP contribution is -2.41. The van der Waals surface area contributed by atoms with Gasteiger partial charge in [0, 0.05) is 12.6 Å². The van der Waals surface area contributed by atoms with E-state index < -0.39 is 0 Å². The number of carbonyl (C=O) groups is 1. The number of halogens is 1. The van der Waals surface area contributed by atoms with E-state index in [1.807, 2.05) is 6.07 Å². The lowest BCUT2D eigenvalue weighted by Gasteiger charge is -2.20. The zero-order valence-corrected chi connectivity index (χ0v) is 12.0. The molecule has 0 heterocycles. The summed E-state index contributed by atoms with van der Waals surface area (Å²) in [5, 5.41) is 2.89. The number of carbonyl (C=O) groups excluding carboxylic acids is 1. The van der Waals surface area contributed by atoms with Crippen LogP contribution in [0.2, 0.25) is 0 Å². The minimum atomic E-state index is -0.233. The highest BCUT2D eigenvalue weighted by Crippen LogP contribution is 2.22. The third-order valence-corrected chi connectivity index (χ3v) is 4.11. The van der Waals surface area contributed by atoms with E-state index in [4.69, 9.17) is 5.73 Å². The average Bonchev–Trinajstić information content (AvgIpc) is 2.64. The van der Waals surface area contributed by atoms with E-state index in [1.165, 1.54) is 6.07 Å². The molecule has 4 heteroatoms. The minimum absolute atomic E-state index is 0.000355. The fourth-order valence-corrected chi connectivity index (χ4v) is 2.73. The number of hydrogen-bond donors (Lipinski definition) is 2. The fourth-order valence-electron chi connectivity index (χ4n) is 2.73. The first-order valence-corrected chi connectivity index (χ1v) is 7.36. The van der Waals surface area contributed by atoms with Crippen LogP contribution in [0.3, 0.4) is 0 Å². The van der Waals surface area contributed by atoms with Gasteiger partial charge in [-0.25, -0.2) is 4.39 Å². The van der Waals surface area contributed by atoms with Crippen LogP contribution < -0.4 is 11.1 Å². The average molecular weight is 278 g/mol. The summed E-state index contributed by atoms with van der Waals surface area (Å²) < 4.78 is 13.4. The summed E-state index contributed by atoms with van der Waals surface area (Å²) in [6, 6.07) is 5.00. The van der Waals surface area contributed by atoms with Gasteiger partial charge in [0.15, 0.2) is 0 Å². The number of hydrogen-bond acceptors (Lipinski definition) is 2. The largest absolute Gasteiger partial charge is 0.352 e. The van der Waals surface area contributed by atoms with Crippen molar-refractivity contribution in [2.45, 2.75) is 51.6 Å². The SMILES string of the molecule is Cc1ccc(CNC(=O)C2CCCCCC2N)cc1F. The van der Waals surface area contributed by atoms with Crippen molar-refractivity contribution in [1.29, 1.82) is 0 Å². The Hall–Kier alpha value is -1.42. The van der Waals surface area contributed by atoms with Gasteiger partial charge < -0.3 is 11.1 Å². The lowest BCUT2D eigenvalue weighted by atomic mass is 9.94. The molecule has 1 aliphatic carbocycles. The molecule has 1 fully saturated rings. The third-order valence-electron chi connectivity index (χ3n) is 4.11. The Balaban J connectivity index is 1.92. The summed E-state index contributed by atoms with van der Waals surface area (Å²) in [7, 11) is 0. The molecule has 20 heavy (non-hydrogen) atoms. The molecule has 3 nitrogen and oxygen atoms in total. The Morgan fingerprint density at radius 2 is 2.10 bits per heavy atom. The molecule has 0 spiro atoms. The van der Waals surface area contributed by atoms with E-state index in [1.54, 1.807) is 13.0 Å². The van der Waals surface area contributed by atoms with Gasteiger partial charge in [0.2, 0.25) is 5.91 Å². The van der Waals surface area contributed by atoms with Gasteiger partial charge in [0.05, 0.1) is 5.92 Å². The molecule has 0 aromatic heterocycles. The lowest BCUT2D eigenvalue weighted by molar-refractivity contribution is -0.126. The van der Waals surface area contributed by atoms with Crippen LogP contribution in [0.4, 0.5) is 4.39 Å². The van der Waals surface area contributed by atoms with Gasteiger partial charge in [-0.05, 0) is 37.0 Å². The Morgan fingerprint density at radius 1 is 1.35 bits per heavy atom. The van der Waals surface area contributed by atoms with Crippen molar-refractivity contribution in [3.63, 3.8) is 0 Å². The number of aryl methyl sites for hydroxylation is 1. The second-order valence-corrected chi connectivity index (χ2v) is 5.71. The summed E-state index contributed by atoms with van der Waals surface area (Å²) in [4.78, 5) is 12.2. The van der Waals surface area contributed by atoms with Gasteiger partial charge in [0.25, 0.3) is 0 Å². The van der Waals surface area contributed by atoms with Crippen molar-refractivity contribution < 1.29 is 9.18 Å².